The molecule has 0 spiro atoms. The summed E-state index contributed by atoms with van der Waals surface area (Å²) >= 11 is 1.73. The Morgan fingerprint density at radius 1 is 1.35 bits per heavy atom. The molecule has 5 heteroatoms. The average molecular weight is 292 g/mol. The number of hydrogen-bond donors (Lipinski definition) is 1. The Morgan fingerprint density at radius 2 is 2.20 bits per heavy atom. The maximum atomic E-state index is 4.58. The van der Waals surface area contributed by atoms with Gasteiger partial charge in [0, 0.05) is 30.6 Å². The smallest absolute Gasteiger partial charge is 0.0897 e. The second-order valence-corrected chi connectivity index (χ2v) is 6.18. The number of rotatable bonds is 8. The van der Waals surface area contributed by atoms with Gasteiger partial charge in [0.1, 0.15) is 0 Å². The summed E-state index contributed by atoms with van der Waals surface area (Å²) in [5.74, 6) is 0. The van der Waals surface area contributed by atoms with Crippen molar-refractivity contribution in [1.29, 1.82) is 0 Å². The molecule has 0 fully saturated rings. The fraction of sp³-hybridized carbons (Fsp3) is 0.600. The molecule has 2 rings (SSSR count). The van der Waals surface area contributed by atoms with E-state index in [1.54, 1.807) is 11.3 Å². The highest BCUT2D eigenvalue weighted by atomic mass is 32.1. The predicted molar refractivity (Wildman–Crippen MR) is 84.2 cm³/mol. The third kappa shape index (κ3) is 4.42. The summed E-state index contributed by atoms with van der Waals surface area (Å²) in [7, 11) is 0. The first-order valence-electron chi connectivity index (χ1n) is 7.37. The summed E-state index contributed by atoms with van der Waals surface area (Å²) < 4.78 is 1.99. The molecule has 110 valence electrons. The van der Waals surface area contributed by atoms with Crippen LogP contribution in [0.4, 0.5) is 0 Å². The van der Waals surface area contributed by atoms with Crippen molar-refractivity contribution in [2.45, 2.75) is 52.6 Å². The number of nitrogens with zero attached hydrogens (tertiary/aromatic N) is 3. The van der Waals surface area contributed by atoms with E-state index in [1.165, 1.54) is 11.3 Å². The van der Waals surface area contributed by atoms with Crippen LogP contribution in [0.15, 0.2) is 17.8 Å². The number of hydrogen-bond acceptors (Lipinski definition) is 4. The zero-order valence-corrected chi connectivity index (χ0v) is 13.4. The first-order valence-corrected chi connectivity index (χ1v) is 8.25. The van der Waals surface area contributed by atoms with Crippen LogP contribution in [0.1, 0.15) is 36.5 Å². The van der Waals surface area contributed by atoms with Crippen LogP contribution in [0.3, 0.4) is 0 Å². The van der Waals surface area contributed by atoms with Crippen molar-refractivity contribution in [2.24, 2.45) is 0 Å². The van der Waals surface area contributed by atoms with E-state index < -0.39 is 0 Å². The molecule has 0 saturated heterocycles. The molecule has 0 radical (unpaired) electrons. The van der Waals surface area contributed by atoms with E-state index in [9.17, 15) is 0 Å². The highest BCUT2D eigenvalue weighted by Crippen LogP contribution is 2.12. The lowest BCUT2D eigenvalue weighted by molar-refractivity contribution is 0.501. The largest absolute Gasteiger partial charge is 0.313 e. The summed E-state index contributed by atoms with van der Waals surface area (Å²) in [6, 6.07) is 0.436. The van der Waals surface area contributed by atoms with Gasteiger partial charge >= 0.3 is 0 Å². The highest BCUT2D eigenvalue weighted by molar-refractivity contribution is 7.09. The molecule has 0 saturated carbocycles. The molecule has 0 aliphatic carbocycles. The average Bonchev–Trinajstić information content (AvgIpc) is 3.05. The van der Waals surface area contributed by atoms with Crippen molar-refractivity contribution in [3.8, 4) is 0 Å². The Morgan fingerprint density at radius 3 is 2.80 bits per heavy atom. The minimum Gasteiger partial charge on any atom is -0.313 e. The summed E-state index contributed by atoms with van der Waals surface area (Å²) in [5.41, 5.74) is 2.50. The molecule has 1 atom stereocenters. The number of aromatic nitrogens is 3. The Labute approximate surface area is 125 Å². The Balaban J connectivity index is 1.98. The standard InChI is InChI=1S/C15H24N4S/c1-4-6-16-14(8-15-11-20-12(3)18-15)7-13-9-17-19(5-2)10-13/h9-11,14,16H,4-8H2,1-3H3. The van der Waals surface area contributed by atoms with Gasteiger partial charge in [-0.25, -0.2) is 4.98 Å². The molecular formula is C15H24N4S. The van der Waals surface area contributed by atoms with Crippen LogP contribution >= 0.6 is 11.3 Å². The maximum Gasteiger partial charge on any atom is 0.0897 e. The fourth-order valence-electron chi connectivity index (χ4n) is 2.29. The monoisotopic (exact) mass is 292 g/mol. The molecule has 0 aliphatic rings. The lowest BCUT2D eigenvalue weighted by Crippen LogP contribution is -2.33. The van der Waals surface area contributed by atoms with Crippen molar-refractivity contribution in [3.05, 3.63) is 34.0 Å². The predicted octanol–water partition coefficient (Wildman–Crippen LogP) is 2.82. The molecule has 0 amide bonds. The van der Waals surface area contributed by atoms with Gasteiger partial charge < -0.3 is 5.32 Å². The number of aryl methyl sites for hydroxylation is 2. The SMILES string of the molecule is CCCNC(Cc1cnn(CC)c1)Cc1csc(C)n1. The Kier molecular flexibility index (Phi) is 5.73. The lowest BCUT2D eigenvalue weighted by atomic mass is 10.0. The van der Waals surface area contributed by atoms with Crippen LogP contribution in [0, 0.1) is 6.92 Å². The van der Waals surface area contributed by atoms with E-state index in [-0.39, 0.29) is 0 Å². The van der Waals surface area contributed by atoms with Crippen LogP contribution in [0.25, 0.3) is 0 Å². The van der Waals surface area contributed by atoms with Crippen LogP contribution in [0.5, 0.6) is 0 Å². The molecule has 2 heterocycles. The summed E-state index contributed by atoms with van der Waals surface area (Å²) in [5, 5.41) is 11.3. The zero-order valence-electron chi connectivity index (χ0n) is 12.6. The minimum absolute atomic E-state index is 0.436. The first kappa shape index (κ1) is 15.2. The third-order valence-electron chi connectivity index (χ3n) is 3.30. The molecule has 20 heavy (non-hydrogen) atoms. The first-order chi connectivity index (χ1) is 9.71. The number of thiazole rings is 1. The minimum atomic E-state index is 0.436. The van der Waals surface area contributed by atoms with Crippen LogP contribution in [-0.2, 0) is 19.4 Å². The van der Waals surface area contributed by atoms with E-state index in [2.05, 4.69) is 47.7 Å². The molecule has 2 aromatic heterocycles. The van der Waals surface area contributed by atoms with E-state index in [0.717, 1.165) is 37.4 Å². The second kappa shape index (κ2) is 7.55. The third-order valence-corrected chi connectivity index (χ3v) is 4.12. The Bertz CT molecular complexity index is 517. The molecule has 0 aromatic carbocycles. The van der Waals surface area contributed by atoms with Crippen LogP contribution in [-0.4, -0.2) is 27.4 Å². The van der Waals surface area contributed by atoms with Gasteiger partial charge in [0.2, 0.25) is 0 Å². The van der Waals surface area contributed by atoms with Gasteiger partial charge in [-0.2, -0.15) is 5.10 Å². The molecular weight excluding hydrogens is 268 g/mol. The van der Waals surface area contributed by atoms with Crippen LogP contribution in [0.2, 0.25) is 0 Å². The van der Waals surface area contributed by atoms with Gasteiger partial charge in [-0.05, 0) is 38.8 Å². The van der Waals surface area contributed by atoms with Gasteiger partial charge in [-0.1, -0.05) is 6.92 Å². The second-order valence-electron chi connectivity index (χ2n) is 5.12. The summed E-state index contributed by atoms with van der Waals surface area (Å²) in [6.45, 7) is 8.36. The van der Waals surface area contributed by atoms with E-state index in [4.69, 9.17) is 0 Å². The molecule has 0 bridgehead atoms. The van der Waals surface area contributed by atoms with Crippen molar-refractivity contribution in [3.63, 3.8) is 0 Å². The van der Waals surface area contributed by atoms with Crippen molar-refractivity contribution < 1.29 is 0 Å². The van der Waals surface area contributed by atoms with Gasteiger partial charge in [0.25, 0.3) is 0 Å². The molecule has 2 aromatic rings. The highest BCUT2D eigenvalue weighted by Gasteiger charge is 2.13. The number of nitrogens with one attached hydrogen (secondary N) is 1. The quantitative estimate of drug-likeness (QED) is 0.813. The van der Waals surface area contributed by atoms with E-state index >= 15 is 0 Å². The van der Waals surface area contributed by atoms with Crippen molar-refractivity contribution in [2.75, 3.05) is 6.54 Å². The van der Waals surface area contributed by atoms with Gasteiger partial charge in [-0.15, -0.1) is 11.3 Å². The lowest BCUT2D eigenvalue weighted by Gasteiger charge is -2.16. The fourth-order valence-corrected chi connectivity index (χ4v) is 2.91. The zero-order chi connectivity index (χ0) is 14.4. The van der Waals surface area contributed by atoms with Gasteiger partial charge in [0.15, 0.2) is 0 Å². The molecule has 0 aliphatic heterocycles. The van der Waals surface area contributed by atoms with Gasteiger partial charge in [0.05, 0.1) is 16.9 Å². The molecule has 1 N–H and O–H groups in total. The summed E-state index contributed by atoms with van der Waals surface area (Å²) in [6.07, 6.45) is 7.28. The summed E-state index contributed by atoms with van der Waals surface area (Å²) in [4.78, 5) is 4.58. The topological polar surface area (TPSA) is 42.7 Å². The van der Waals surface area contributed by atoms with E-state index in [1.807, 2.05) is 10.9 Å². The van der Waals surface area contributed by atoms with Crippen molar-refractivity contribution >= 4 is 11.3 Å². The van der Waals surface area contributed by atoms with Gasteiger partial charge in [-0.3, -0.25) is 4.68 Å². The molecule has 4 nitrogen and oxygen atoms in total. The van der Waals surface area contributed by atoms with Crippen molar-refractivity contribution in [1.82, 2.24) is 20.1 Å². The van der Waals surface area contributed by atoms with E-state index in [0.29, 0.717) is 6.04 Å². The maximum absolute atomic E-state index is 4.58. The van der Waals surface area contributed by atoms with Crippen LogP contribution < -0.4 is 5.32 Å². The normalized spacial score (nSPS) is 12.8. The molecule has 1 unspecified atom stereocenters. The Hall–Kier alpha value is -1.20.